The Kier molecular flexibility index (Phi) is 5.52. The van der Waals surface area contributed by atoms with E-state index in [1.807, 2.05) is 24.3 Å². The summed E-state index contributed by atoms with van der Waals surface area (Å²) in [5.41, 5.74) is 5.46. The Morgan fingerprint density at radius 3 is 2.00 bits per heavy atom. The van der Waals surface area contributed by atoms with Gasteiger partial charge in [-0.1, -0.05) is 127 Å². The normalized spacial score (nSPS) is 15.1. The van der Waals surface area contributed by atoms with Crippen molar-refractivity contribution in [2.75, 3.05) is 0 Å². The molecule has 1 aliphatic heterocycles. The van der Waals surface area contributed by atoms with Crippen molar-refractivity contribution in [2.24, 2.45) is 9.98 Å². The van der Waals surface area contributed by atoms with Gasteiger partial charge in [-0.05, 0) is 44.8 Å². The molecule has 1 unspecified atom stereocenters. The fourth-order valence-corrected chi connectivity index (χ4v) is 5.23. The molecule has 38 heavy (non-hydrogen) atoms. The third kappa shape index (κ3) is 4.04. The number of benzene rings is 6. The zero-order valence-corrected chi connectivity index (χ0v) is 20.8. The molecule has 0 spiro atoms. The minimum atomic E-state index is -0.241. The molecular weight excluding hydrogens is 462 g/mol. The van der Waals surface area contributed by atoms with Crippen LogP contribution in [0.25, 0.3) is 32.7 Å². The van der Waals surface area contributed by atoms with Gasteiger partial charge in [-0.15, -0.1) is 0 Å². The Balaban J connectivity index is 1.48. The van der Waals surface area contributed by atoms with E-state index in [2.05, 4.69) is 121 Å². The molecular formula is C35H25N3. The van der Waals surface area contributed by atoms with E-state index in [0.29, 0.717) is 0 Å². The summed E-state index contributed by atoms with van der Waals surface area (Å²) in [4.78, 5) is 10.3. The van der Waals surface area contributed by atoms with Gasteiger partial charge in [0.2, 0.25) is 0 Å². The summed E-state index contributed by atoms with van der Waals surface area (Å²) >= 11 is 0. The standard InChI is InChI=1S/C35H25N3/c1-3-13-26(14-4-1)33-36-34(27-15-5-2-6-16-27)38-35(37-33)31-22-21-25-12-9-10-18-30(25)32(31)29-20-19-24-11-7-8-17-28(24)23-29/h1-23,33H,(H,36,37,38). The van der Waals surface area contributed by atoms with Gasteiger partial charge in [0, 0.05) is 16.7 Å². The highest BCUT2D eigenvalue weighted by molar-refractivity contribution is 6.18. The van der Waals surface area contributed by atoms with Crippen LogP contribution >= 0.6 is 0 Å². The highest BCUT2D eigenvalue weighted by atomic mass is 15.2. The maximum Gasteiger partial charge on any atom is 0.160 e. The molecule has 0 aliphatic carbocycles. The minimum absolute atomic E-state index is 0.241. The second-order valence-corrected chi connectivity index (χ2v) is 9.51. The summed E-state index contributed by atoms with van der Waals surface area (Å²) in [6.07, 6.45) is -0.241. The lowest BCUT2D eigenvalue weighted by Crippen LogP contribution is -2.33. The minimum Gasteiger partial charge on any atom is -0.344 e. The first-order valence-electron chi connectivity index (χ1n) is 12.9. The molecule has 6 aromatic carbocycles. The number of amidine groups is 2. The maximum atomic E-state index is 5.17. The third-order valence-electron chi connectivity index (χ3n) is 7.11. The van der Waals surface area contributed by atoms with Crippen molar-refractivity contribution in [3.8, 4) is 11.1 Å². The molecule has 0 bridgehead atoms. The lowest BCUT2D eigenvalue weighted by molar-refractivity contribution is 0.674. The molecule has 3 heteroatoms. The molecule has 0 radical (unpaired) electrons. The van der Waals surface area contributed by atoms with E-state index in [1.54, 1.807) is 0 Å². The Morgan fingerprint density at radius 2 is 1.18 bits per heavy atom. The first kappa shape index (κ1) is 22.2. The van der Waals surface area contributed by atoms with E-state index in [1.165, 1.54) is 21.5 Å². The number of nitrogens with one attached hydrogen (secondary N) is 1. The van der Waals surface area contributed by atoms with E-state index in [9.17, 15) is 0 Å². The molecule has 7 rings (SSSR count). The number of aliphatic imine (C=N–C) groups is 2. The predicted octanol–water partition coefficient (Wildman–Crippen LogP) is 8.16. The molecule has 1 heterocycles. The van der Waals surface area contributed by atoms with Crippen LogP contribution in [-0.4, -0.2) is 11.7 Å². The summed E-state index contributed by atoms with van der Waals surface area (Å²) in [6, 6.07) is 48.7. The molecule has 0 saturated heterocycles. The van der Waals surface area contributed by atoms with Crippen LogP contribution in [0.15, 0.2) is 150 Å². The van der Waals surface area contributed by atoms with Crippen LogP contribution in [0.3, 0.4) is 0 Å². The average molecular weight is 488 g/mol. The fourth-order valence-electron chi connectivity index (χ4n) is 5.23. The first-order chi connectivity index (χ1) is 18.8. The zero-order valence-electron chi connectivity index (χ0n) is 20.8. The fraction of sp³-hybridized carbons (Fsp3) is 0.0286. The highest BCUT2D eigenvalue weighted by Crippen LogP contribution is 2.36. The molecule has 1 aliphatic rings. The van der Waals surface area contributed by atoms with Crippen molar-refractivity contribution in [3.63, 3.8) is 0 Å². The smallest absolute Gasteiger partial charge is 0.160 e. The number of hydrogen-bond donors (Lipinski definition) is 1. The molecule has 1 N–H and O–H groups in total. The summed E-state index contributed by atoms with van der Waals surface area (Å²) in [5, 5.41) is 8.40. The lowest BCUT2D eigenvalue weighted by Gasteiger charge is -2.25. The second kappa shape index (κ2) is 9.45. The Labute approximate surface area is 221 Å². The monoisotopic (exact) mass is 487 g/mol. The molecule has 1 atom stereocenters. The van der Waals surface area contributed by atoms with Crippen LogP contribution in [0.5, 0.6) is 0 Å². The van der Waals surface area contributed by atoms with Gasteiger partial charge < -0.3 is 5.32 Å². The van der Waals surface area contributed by atoms with Crippen LogP contribution in [-0.2, 0) is 0 Å². The van der Waals surface area contributed by atoms with Gasteiger partial charge in [-0.2, -0.15) is 0 Å². The molecule has 0 aromatic heterocycles. The van der Waals surface area contributed by atoms with Crippen molar-refractivity contribution in [1.82, 2.24) is 5.32 Å². The largest absolute Gasteiger partial charge is 0.344 e. The van der Waals surface area contributed by atoms with E-state index < -0.39 is 0 Å². The average Bonchev–Trinajstić information content (AvgIpc) is 3.01. The Morgan fingerprint density at radius 1 is 0.526 bits per heavy atom. The van der Waals surface area contributed by atoms with Crippen LogP contribution < -0.4 is 5.32 Å². The number of nitrogens with zero attached hydrogens (tertiary/aromatic N) is 2. The van der Waals surface area contributed by atoms with Crippen molar-refractivity contribution < 1.29 is 0 Å². The summed E-state index contributed by atoms with van der Waals surface area (Å²) in [5.74, 6) is 1.55. The van der Waals surface area contributed by atoms with Gasteiger partial charge in [-0.25, -0.2) is 9.98 Å². The molecule has 180 valence electrons. The van der Waals surface area contributed by atoms with Gasteiger partial charge in [-0.3, -0.25) is 0 Å². The van der Waals surface area contributed by atoms with Crippen molar-refractivity contribution in [2.45, 2.75) is 6.17 Å². The highest BCUT2D eigenvalue weighted by Gasteiger charge is 2.23. The number of hydrogen-bond acceptors (Lipinski definition) is 3. The van der Waals surface area contributed by atoms with Crippen molar-refractivity contribution in [1.29, 1.82) is 0 Å². The third-order valence-corrected chi connectivity index (χ3v) is 7.11. The van der Waals surface area contributed by atoms with Gasteiger partial charge in [0.1, 0.15) is 12.0 Å². The number of fused-ring (bicyclic) bond motifs is 2. The van der Waals surface area contributed by atoms with Crippen LogP contribution in [0.1, 0.15) is 22.9 Å². The van der Waals surface area contributed by atoms with E-state index in [0.717, 1.165) is 39.5 Å². The molecule has 6 aromatic rings. The molecule has 0 fully saturated rings. The lowest BCUT2D eigenvalue weighted by atomic mass is 9.91. The topological polar surface area (TPSA) is 36.8 Å². The summed E-state index contributed by atoms with van der Waals surface area (Å²) < 4.78 is 0. The van der Waals surface area contributed by atoms with Gasteiger partial charge in [0.05, 0.1) is 0 Å². The maximum absolute atomic E-state index is 5.17. The second-order valence-electron chi connectivity index (χ2n) is 9.51. The molecule has 0 amide bonds. The van der Waals surface area contributed by atoms with E-state index in [4.69, 9.17) is 9.98 Å². The first-order valence-corrected chi connectivity index (χ1v) is 12.9. The quantitative estimate of drug-likeness (QED) is 0.268. The summed E-state index contributed by atoms with van der Waals surface area (Å²) in [6.45, 7) is 0. The SMILES string of the molecule is c1ccc(C2=NC(c3ccc4ccccc4c3-c3ccc4ccccc4c3)=NC(c3ccccc3)N2)cc1. The van der Waals surface area contributed by atoms with Crippen molar-refractivity contribution >= 4 is 33.2 Å². The van der Waals surface area contributed by atoms with Gasteiger partial charge in [0.25, 0.3) is 0 Å². The zero-order chi connectivity index (χ0) is 25.3. The van der Waals surface area contributed by atoms with E-state index in [-0.39, 0.29) is 6.17 Å². The van der Waals surface area contributed by atoms with E-state index >= 15 is 0 Å². The Bertz CT molecular complexity index is 1840. The summed E-state index contributed by atoms with van der Waals surface area (Å²) in [7, 11) is 0. The van der Waals surface area contributed by atoms with Crippen LogP contribution in [0, 0.1) is 0 Å². The van der Waals surface area contributed by atoms with Gasteiger partial charge >= 0.3 is 0 Å². The molecule has 0 saturated carbocycles. The van der Waals surface area contributed by atoms with Crippen LogP contribution in [0.4, 0.5) is 0 Å². The van der Waals surface area contributed by atoms with Gasteiger partial charge in [0.15, 0.2) is 5.84 Å². The van der Waals surface area contributed by atoms with Crippen LogP contribution in [0.2, 0.25) is 0 Å². The predicted molar refractivity (Wildman–Crippen MR) is 159 cm³/mol. The molecule has 3 nitrogen and oxygen atoms in total. The van der Waals surface area contributed by atoms with Crippen molar-refractivity contribution in [3.05, 3.63) is 156 Å². The number of rotatable bonds is 4. The Hall–Kier alpha value is -5.02.